The fourth-order valence-corrected chi connectivity index (χ4v) is 3.58. The van der Waals surface area contributed by atoms with Crippen LogP contribution < -0.4 is 0 Å². The van der Waals surface area contributed by atoms with E-state index in [1.165, 1.54) is 0 Å². The molecule has 6 heteroatoms. The normalized spacial score (nSPS) is 18.2. The number of nitrogens with one attached hydrogen (secondary N) is 1. The van der Waals surface area contributed by atoms with Crippen LogP contribution in [0.4, 0.5) is 0 Å². The van der Waals surface area contributed by atoms with Crippen LogP contribution in [0.2, 0.25) is 0 Å². The molecule has 1 atom stereocenters. The molecule has 24 heavy (non-hydrogen) atoms. The molecule has 1 saturated heterocycles. The minimum atomic E-state index is -0.0175. The van der Waals surface area contributed by atoms with E-state index in [4.69, 9.17) is 4.98 Å². The number of piperidine rings is 1. The lowest BCUT2D eigenvalue weighted by molar-refractivity contribution is 0.0591. The Morgan fingerprint density at radius 3 is 2.88 bits per heavy atom. The number of H-pyrrole nitrogens is 1. The SMILES string of the molecule is Cc1cc(C(=O)N2CCCCC2c2nc3ccccc3n2C)n[nH]1. The molecule has 1 fully saturated rings. The van der Waals surface area contributed by atoms with E-state index >= 15 is 0 Å². The van der Waals surface area contributed by atoms with Crippen LogP contribution in [-0.4, -0.2) is 37.1 Å². The van der Waals surface area contributed by atoms with Gasteiger partial charge in [0.2, 0.25) is 0 Å². The van der Waals surface area contributed by atoms with E-state index in [1.807, 2.05) is 43.1 Å². The van der Waals surface area contributed by atoms with Gasteiger partial charge in [0.05, 0.1) is 17.1 Å². The van der Waals surface area contributed by atoms with Crippen LogP contribution in [0.3, 0.4) is 0 Å². The lowest BCUT2D eigenvalue weighted by Gasteiger charge is -2.34. The maximum absolute atomic E-state index is 12.9. The zero-order chi connectivity index (χ0) is 16.7. The summed E-state index contributed by atoms with van der Waals surface area (Å²) < 4.78 is 2.11. The van der Waals surface area contributed by atoms with Crippen LogP contribution in [0.15, 0.2) is 30.3 Å². The van der Waals surface area contributed by atoms with Gasteiger partial charge in [-0.25, -0.2) is 4.98 Å². The van der Waals surface area contributed by atoms with Gasteiger partial charge in [-0.3, -0.25) is 9.89 Å². The fraction of sp³-hybridized carbons (Fsp3) is 0.389. The molecule has 1 amide bonds. The summed E-state index contributed by atoms with van der Waals surface area (Å²) in [5.41, 5.74) is 3.46. The van der Waals surface area contributed by atoms with Gasteiger partial charge in [0.25, 0.3) is 5.91 Å². The smallest absolute Gasteiger partial charge is 0.274 e. The van der Waals surface area contributed by atoms with Crippen LogP contribution in [0.5, 0.6) is 0 Å². The minimum absolute atomic E-state index is 0.000608. The Labute approximate surface area is 140 Å². The molecule has 3 aromatic rings. The van der Waals surface area contributed by atoms with Crippen LogP contribution in [0, 0.1) is 6.92 Å². The number of carbonyl (C=O) groups excluding carboxylic acids is 1. The highest BCUT2D eigenvalue weighted by atomic mass is 16.2. The number of imidazole rings is 1. The Morgan fingerprint density at radius 2 is 2.12 bits per heavy atom. The van der Waals surface area contributed by atoms with Crippen LogP contribution >= 0.6 is 0 Å². The average Bonchev–Trinajstić information content (AvgIpc) is 3.18. The van der Waals surface area contributed by atoms with Gasteiger partial charge in [0.15, 0.2) is 0 Å². The summed E-state index contributed by atoms with van der Waals surface area (Å²) in [4.78, 5) is 19.7. The molecule has 4 rings (SSSR count). The number of carbonyl (C=O) groups is 1. The molecule has 1 N–H and O–H groups in total. The first-order valence-electron chi connectivity index (χ1n) is 8.39. The average molecular weight is 323 g/mol. The summed E-state index contributed by atoms with van der Waals surface area (Å²) in [7, 11) is 2.03. The lowest BCUT2D eigenvalue weighted by atomic mass is 10.0. The number of aryl methyl sites for hydroxylation is 2. The second-order valence-corrected chi connectivity index (χ2v) is 6.46. The van der Waals surface area contributed by atoms with Crippen molar-refractivity contribution in [3.63, 3.8) is 0 Å². The molecule has 0 radical (unpaired) electrons. The van der Waals surface area contributed by atoms with Crippen molar-refractivity contribution in [1.29, 1.82) is 0 Å². The zero-order valence-electron chi connectivity index (χ0n) is 14.0. The summed E-state index contributed by atoms with van der Waals surface area (Å²) in [6.45, 7) is 2.65. The number of rotatable bonds is 2. The van der Waals surface area contributed by atoms with Gasteiger partial charge < -0.3 is 9.47 Å². The van der Waals surface area contributed by atoms with Gasteiger partial charge in [-0.1, -0.05) is 12.1 Å². The molecular formula is C18H21N5O. The lowest BCUT2D eigenvalue weighted by Crippen LogP contribution is -2.39. The predicted octanol–water partition coefficient (Wildman–Crippen LogP) is 2.97. The molecule has 0 spiro atoms. The van der Waals surface area contributed by atoms with Crippen molar-refractivity contribution in [2.75, 3.05) is 6.54 Å². The zero-order valence-corrected chi connectivity index (χ0v) is 14.0. The van der Waals surface area contributed by atoms with Gasteiger partial charge in [0.1, 0.15) is 11.5 Å². The first-order chi connectivity index (χ1) is 11.6. The molecule has 0 aliphatic carbocycles. The summed E-state index contributed by atoms with van der Waals surface area (Å²) in [6, 6.07) is 9.91. The number of fused-ring (bicyclic) bond motifs is 1. The van der Waals surface area contributed by atoms with E-state index in [9.17, 15) is 4.79 Å². The topological polar surface area (TPSA) is 66.8 Å². The van der Waals surface area contributed by atoms with Crippen molar-refractivity contribution in [2.24, 2.45) is 7.05 Å². The maximum Gasteiger partial charge on any atom is 0.274 e. The third-order valence-electron chi connectivity index (χ3n) is 4.81. The first-order valence-corrected chi connectivity index (χ1v) is 8.39. The molecule has 6 nitrogen and oxygen atoms in total. The van der Waals surface area contributed by atoms with Gasteiger partial charge in [0, 0.05) is 19.3 Å². The number of aromatic amines is 1. The Hall–Kier alpha value is -2.63. The van der Waals surface area contributed by atoms with E-state index in [0.29, 0.717) is 5.69 Å². The minimum Gasteiger partial charge on any atom is -0.329 e. The molecular weight excluding hydrogens is 302 g/mol. The maximum atomic E-state index is 12.9. The van der Waals surface area contributed by atoms with Crippen molar-refractivity contribution in [3.8, 4) is 0 Å². The monoisotopic (exact) mass is 323 g/mol. The third kappa shape index (κ3) is 2.38. The van der Waals surface area contributed by atoms with Crippen molar-refractivity contribution < 1.29 is 4.79 Å². The number of nitrogens with zero attached hydrogens (tertiary/aromatic N) is 4. The highest BCUT2D eigenvalue weighted by molar-refractivity contribution is 5.92. The molecule has 0 saturated carbocycles. The second-order valence-electron chi connectivity index (χ2n) is 6.46. The van der Waals surface area contributed by atoms with Crippen molar-refractivity contribution >= 4 is 16.9 Å². The molecule has 1 unspecified atom stereocenters. The van der Waals surface area contributed by atoms with Gasteiger partial charge in [-0.05, 0) is 44.4 Å². The number of benzene rings is 1. The summed E-state index contributed by atoms with van der Waals surface area (Å²) in [6.07, 6.45) is 3.07. The Bertz CT molecular complexity index is 894. The standard InChI is InChI=1S/C18H21N5O/c1-12-11-14(21-20-12)18(24)23-10-6-5-9-16(23)17-19-13-7-3-4-8-15(13)22(17)2/h3-4,7-8,11,16H,5-6,9-10H2,1-2H3,(H,20,21). The van der Waals surface area contributed by atoms with Crippen molar-refractivity contribution in [3.05, 3.63) is 47.5 Å². The molecule has 1 aliphatic heterocycles. The Balaban J connectivity index is 1.73. The van der Waals surface area contributed by atoms with Gasteiger partial charge in [-0.15, -0.1) is 0 Å². The summed E-state index contributed by atoms with van der Waals surface area (Å²) in [5, 5.41) is 7.00. The summed E-state index contributed by atoms with van der Waals surface area (Å²) >= 11 is 0. The highest BCUT2D eigenvalue weighted by Gasteiger charge is 2.32. The van der Waals surface area contributed by atoms with E-state index < -0.39 is 0 Å². The van der Waals surface area contributed by atoms with Crippen molar-refractivity contribution in [1.82, 2.24) is 24.6 Å². The number of hydrogen-bond donors (Lipinski definition) is 1. The van der Waals surface area contributed by atoms with Gasteiger partial charge >= 0.3 is 0 Å². The van der Waals surface area contributed by atoms with E-state index in [0.717, 1.165) is 48.4 Å². The molecule has 1 aromatic carbocycles. The fourth-order valence-electron chi connectivity index (χ4n) is 3.58. The Morgan fingerprint density at radius 1 is 1.29 bits per heavy atom. The van der Waals surface area contributed by atoms with Crippen LogP contribution in [0.25, 0.3) is 11.0 Å². The molecule has 0 bridgehead atoms. The predicted molar refractivity (Wildman–Crippen MR) is 91.7 cm³/mol. The number of aromatic nitrogens is 4. The number of para-hydroxylation sites is 2. The number of amides is 1. The number of hydrogen-bond acceptors (Lipinski definition) is 3. The quantitative estimate of drug-likeness (QED) is 0.788. The molecule has 2 aromatic heterocycles. The number of likely N-dealkylation sites (tertiary alicyclic amines) is 1. The molecule has 3 heterocycles. The van der Waals surface area contributed by atoms with Crippen LogP contribution in [0.1, 0.15) is 47.3 Å². The molecule has 1 aliphatic rings. The highest BCUT2D eigenvalue weighted by Crippen LogP contribution is 2.32. The Kier molecular flexibility index (Phi) is 3.59. The first kappa shape index (κ1) is 14.9. The van der Waals surface area contributed by atoms with E-state index in [1.54, 1.807) is 0 Å². The summed E-state index contributed by atoms with van der Waals surface area (Å²) in [5.74, 6) is 0.938. The third-order valence-corrected chi connectivity index (χ3v) is 4.81. The molecule has 124 valence electrons. The van der Waals surface area contributed by atoms with Crippen molar-refractivity contribution in [2.45, 2.75) is 32.2 Å². The van der Waals surface area contributed by atoms with E-state index in [2.05, 4.69) is 20.8 Å². The second kappa shape index (κ2) is 5.78. The van der Waals surface area contributed by atoms with E-state index in [-0.39, 0.29) is 11.9 Å². The van der Waals surface area contributed by atoms with Gasteiger partial charge in [-0.2, -0.15) is 5.10 Å². The van der Waals surface area contributed by atoms with Crippen LogP contribution in [-0.2, 0) is 7.05 Å². The largest absolute Gasteiger partial charge is 0.329 e.